The molecule has 7 heteroatoms. The minimum Gasteiger partial charge on any atom is -0.268 e. The number of fused-ring (bicyclic) bond motifs is 5. The molecular formula is C20H20N4OS2. The lowest BCUT2D eigenvalue weighted by Gasteiger charge is -2.17. The van der Waals surface area contributed by atoms with Gasteiger partial charge in [0, 0.05) is 4.88 Å². The first-order valence-corrected chi connectivity index (χ1v) is 11.1. The van der Waals surface area contributed by atoms with E-state index in [1.165, 1.54) is 10.4 Å². The highest BCUT2D eigenvalue weighted by molar-refractivity contribution is 7.99. The quantitative estimate of drug-likeness (QED) is 0.484. The number of thioether (sulfide) groups is 1. The summed E-state index contributed by atoms with van der Waals surface area (Å²) in [7, 11) is 0. The van der Waals surface area contributed by atoms with Crippen molar-refractivity contribution in [3.63, 3.8) is 0 Å². The average molecular weight is 397 g/mol. The van der Waals surface area contributed by atoms with E-state index in [4.69, 9.17) is 0 Å². The smallest absolute Gasteiger partial charge is 0.268 e. The molecule has 1 aliphatic rings. The number of hydrogen-bond acceptors (Lipinski definition) is 5. The number of rotatable bonds is 3. The van der Waals surface area contributed by atoms with Crippen molar-refractivity contribution in [2.24, 2.45) is 5.92 Å². The summed E-state index contributed by atoms with van der Waals surface area (Å²) in [6.45, 7) is 4.40. The van der Waals surface area contributed by atoms with Crippen LogP contribution in [0.15, 0.2) is 40.3 Å². The molecule has 0 fully saturated rings. The third-order valence-electron chi connectivity index (χ3n) is 5.22. The standard InChI is InChI=1S/C20H20N4OS2/c1-3-26-20-22-21-19-23(13-7-5-4-6-8-13)17(25)16-14-10-9-12(2)11-15(14)27-18(16)24(19)20/h4-8,12H,3,9-11H2,1-2H3/t12-/m0/s1. The fraction of sp³-hybridized carbons (Fsp3) is 0.350. The summed E-state index contributed by atoms with van der Waals surface area (Å²) in [5, 5.41) is 10.5. The van der Waals surface area contributed by atoms with Gasteiger partial charge in [-0.3, -0.25) is 4.79 Å². The molecule has 0 saturated heterocycles. The van der Waals surface area contributed by atoms with E-state index >= 15 is 0 Å². The first-order valence-electron chi connectivity index (χ1n) is 9.31. The number of hydrogen-bond donors (Lipinski definition) is 0. The van der Waals surface area contributed by atoms with Crippen LogP contribution in [0.25, 0.3) is 21.7 Å². The van der Waals surface area contributed by atoms with Gasteiger partial charge in [0.15, 0.2) is 5.16 Å². The monoisotopic (exact) mass is 396 g/mol. The molecule has 0 amide bonds. The van der Waals surface area contributed by atoms with Crippen LogP contribution in [0.3, 0.4) is 0 Å². The zero-order valence-electron chi connectivity index (χ0n) is 15.3. The second kappa shape index (κ2) is 6.49. The van der Waals surface area contributed by atoms with Crippen molar-refractivity contribution >= 4 is 39.1 Å². The molecule has 4 aromatic rings. The lowest BCUT2D eigenvalue weighted by molar-refractivity contribution is 0.509. The number of aromatic nitrogens is 4. The molecule has 0 saturated carbocycles. The van der Waals surface area contributed by atoms with E-state index in [1.807, 2.05) is 30.3 Å². The van der Waals surface area contributed by atoms with Crippen molar-refractivity contribution in [2.75, 3.05) is 5.75 Å². The fourth-order valence-electron chi connectivity index (χ4n) is 3.93. The van der Waals surface area contributed by atoms with Gasteiger partial charge in [0.1, 0.15) is 4.83 Å². The van der Waals surface area contributed by atoms with E-state index in [0.717, 1.165) is 46.1 Å². The number of thiophene rings is 1. The molecule has 138 valence electrons. The van der Waals surface area contributed by atoms with Crippen LogP contribution < -0.4 is 5.56 Å². The molecule has 3 aromatic heterocycles. The maximum Gasteiger partial charge on any atom is 0.268 e. The maximum atomic E-state index is 13.6. The summed E-state index contributed by atoms with van der Waals surface area (Å²) >= 11 is 3.42. The Balaban J connectivity index is 1.95. The highest BCUT2D eigenvalue weighted by Gasteiger charge is 2.27. The molecule has 5 rings (SSSR count). The number of aryl methyl sites for hydroxylation is 1. The molecule has 0 radical (unpaired) electrons. The van der Waals surface area contributed by atoms with Crippen LogP contribution in [0.4, 0.5) is 0 Å². The normalized spacial score (nSPS) is 16.9. The molecule has 0 spiro atoms. The van der Waals surface area contributed by atoms with E-state index in [0.29, 0.717) is 11.7 Å². The average Bonchev–Trinajstić information content (AvgIpc) is 3.24. The molecule has 0 bridgehead atoms. The summed E-state index contributed by atoms with van der Waals surface area (Å²) in [4.78, 5) is 16.0. The van der Waals surface area contributed by atoms with E-state index in [2.05, 4.69) is 28.4 Å². The predicted octanol–water partition coefficient (Wildman–Crippen LogP) is 4.33. The Morgan fingerprint density at radius 2 is 2.07 bits per heavy atom. The maximum absolute atomic E-state index is 13.6. The largest absolute Gasteiger partial charge is 0.268 e. The topological polar surface area (TPSA) is 52.2 Å². The molecule has 0 unspecified atom stereocenters. The zero-order chi connectivity index (χ0) is 18.5. The molecule has 1 atom stereocenters. The fourth-order valence-corrected chi connectivity index (χ4v) is 6.15. The van der Waals surface area contributed by atoms with Gasteiger partial charge in [-0.25, -0.2) is 8.97 Å². The van der Waals surface area contributed by atoms with Crippen LogP contribution in [0, 0.1) is 5.92 Å². The Morgan fingerprint density at radius 3 is 2.85 bits per heavy atom. The highest BCUT2D eigenvalue weighted by atomic mass is 32.2. The van der Waals surface area contributed by atoms with Crippen molar-refractivity contribution in [1.82, 2.24) is 19.2 Å². The van der Waals surface area contributed by atoms with Crippen molar-refractivity contribution in [3.8, 4) is 5.69 Å². The summed E-state index contributed by atoms with van der Waals surface area (Å²) in [5.74, 6) is 2.18. The molecule has 0 aliphatic heterocycles. The third-order valence-corrected chi connectivity index (χ3v) is 7.27. The van der Waals surface area contributed by atoms with Crippen molar-refractivity contribution in [3.05, 3.63) is 51.1 Å². The van der Waals surface area contributed by atoms with E-state index in [-0.39, 0.29) is 5.56 Å². The molecule has 3 heterocycles. The van der Waals surface area contributed by atoms with E-state index < -0.39 is 0 Å². The zero-order valence-corrected chi connectivity index (χ0v) is 16.9. The Labute approximate surface area is 165 Å². The molecule has 5 nitrogen and oxygen atoms in total. The molecule has 27 heavy (non-hydrogen) atoms. The Hall–Kier alpha value is -2.12. The van der Waals surface area contributed by atoms with Gasteiger partial charge in [0.05, 0.1) is 11.1 Å². The molecule has 0 N–H and O–H groups in total. The Kier molecular flexibility index (Phi) is 4.09. The molecular weight excluding hydrogens is 376 g/mol. The van der Waals surface area contributed by atoms with Crippen molar-refractivity contribution in [2.45, 2.75) is 38.3 Å². The van der Waals surface area contributed by atoms with Crippen LogP contribution in [0.2, 0.25) is 0 Å². The van der Waals surface area contributed by atoms with E-state index in [9.17, 15) is 4.79 Å². The first-order chi connectivity index (χ1) is 13.2. The number of para-hydroxylation sites is 1. The van der Waals surface area contributed by atoms with Gasteiger partial charge in [-0.05, 0) is 48.6 Å². The summed E-state index contributed by atoms with van der Waals surface area (Å²) in [6, 6.07) is 9.77. The predicted molar refractivity (Wildman–Crippen MR) is 112 cm³/mol. The van der Waals surface area contributed by atoms with Gasteiger partial charge in [0.2, 0.25) is 5.78 Å². The van der Waals surface area contributed by atoms with Gasteiger partial charge >= 0.3 is 0 Å². The lowest BCUT2D eigenvalue weighted by atomic mass is 9.89. The van der Waals surface area contributed by atoms with Gasteiger partial charge in [-0.1, -0.05) is 43.8 Å². The first kappa shape index (κ1) is 17.0. The summed E-state index contributed by atoms with van der Waals surface area (Å²) in [5.41, 5.74) is 2.10. The van der Waals surface area contributed by atoms with Gasteiger partial charge in [-0.15, -0.1) is 21.5 Å². The number of nitrogens with zero attached hydrogens (tertiary/aromatic N) is 4. The Morgan fingerprint density at radius 1 is 1.26 bits per heavy atom. The third kappa shape index (κ3) is 2.56. The molecule has 1 aliphatic carbocycles. The molecule has 1 aromatic carbocycles. The SMILES string of the molecule is CCSc1nnc2n(-c3ccccc3)c(=O)c3c4c(sc3n12)C[C@@H](C)CC4. The van der Waals surface area contributed by atoms with Crippen molar-refractivity contribution < 1.29 is 0 Å². The lowest BCUT2D eigenvalue weighted by Crippen LogP contribution is -2.22. The summed E-state index contributed by atoms with van der Waals surface area (Å²) in [6.07, 6.45) is 3.17. The minimum atomic E-state index is 0.0243. The van der Waals surface area contributed by atoms with Crippen LogP contribution in [-0.2, 0) is 12.8 Å². The van der Waals surface area contributed by atoms with Gasteiger partial charge < -0.3 is 0 Å². The van der Waals surface area contributed by atoms with Crippen LogP contribution in [-0.4, -0.2) is 24.9 Å². The van der Waals surface area contributed by atoms with Crippen molar-refractivity contribution in [1.29, 1.82) is 0 Å². The number of benzene rings is 1. The van der Waals surface area contributed by atoms with Gasteiger partial charge in [0.25, 0.3) is 5.56 Å². The highest BCUT2D eigenvalue weighted by Crippen LogP contribution is 2.38. The van der Waals surface area contributed by atoms with Crippen LogP contribution in [0.1, 0.15) is 30.7 Å². The van der Waals surface area contributed by atoms with E-state index in [1.54, 1.807) is 27.7 Å². The second-order valence-electron chi connectivity index (χ2n) is 7.06. The van der Waals surface area contributed by atoms with Gasteiger partial charge in [-0.2, -0.15) is 0 Å². The van der Waals surface area contributed by atoms with Crippen LogP contribution >= 0.6 is 23.1 Å². The second-order valence-corrected chi connectivity index (χ2v) is 9.37. The Bertz CT molecular complexity index is 1210. The minimum absolute atomic E-state index is 0.0243. The van der Waals surface area contributed by atoms with Crippen LogP contribution in [0.5, 0.6) is 0 Å². The summed E-state index contributed by atoms with van der Waals surface area (Å²) < 4.78 is 3.81.